The quantitative estimate of drug-likeness (QED) is 0.810. The minimum atomic E-state index is -0.184. The summed E-state index contributed by atoms with van der Waals surface area (Å²) in [6.07, 6.45) is 7.68. The Morgan fingerprint density at radius 1 is 1.21 bits per heavy atom. The van der Waals surface area contributed by atoms with E-state index in [2.05, 4.69) is 27.3 Å². The second-order valence-corrected chi connectivity index (χ2v) is 6.90. The number of hydrogen-bond donors (Lipinski definition) is 1. The van der Waals surface area contributed by atoms with Gasteiger partial charge in [0.15, 0.2) is 11.5 Å². The van der Waals surface area contributed by atoms with Gasteiger partial charge in [0.2, 0.25) is 0 Å². The molecule has 24 heavy (non-hydrogen) atoms. The molecule has 1 N–H and O–H groups in total. The van der Waals surface area contributed by atoms with Crippen LogP contribution < -0.4 is 10.2 Å². The molecule has 2 atom stereocenters. The maximum absolute atomic E-state index is 12.1. The topological polar surface area (TPSA) is 67.3 Å². The first-order chi connectivity index (χ1) is 11.7. The van der Waals surface area contributed by atoms with Gasteiger partial charge < -0.3 is 15.0 Å². The molecule has 0 aromatic carbocycles. The number of anilines is 1. The first-order valence-corrected chi connectivity index (χ1v) is 9.22. The van der Waals surface area contributed by atoms with Crippen molar-refractivity contribution < 1.29 is 9.53 Å². The molecule has 6 nitrogen and oxygen atoms in total. The third-order valence-electron chi connectivity index (χ3n) is 5.07. The lowest BCUT2D eigenvalue weighted by atomic mass is 9.88. The second-order valence-electron chi connectivity index (χ2n) is 6.90. The maximum Gasteiger partial charge on any atom is 0.271 e. The molecule has 1 aliphatic heterocycles. The predicted molar refractivity (Wildman–Crippen MR) is 93.2 cm³/mol. The van der Waals surface area contributed by atoms with Crippen LogP contribution in [0.5, 0.6) is 0 Å². The fraction of sp³-hybridized carbons (Fsp3) is 0.722. The highest BCUT2D eigenvalue weighted by Crippen LogP contribution is 2.26. The minimum Gasteiger partial charge on any atom is -0.376 e. The lowest BCUT2D eigenvalue weighted by molar-refractivity contribution is -0.00295. The van der Waals surface area contributed by atoms with E-state index in [0.717, 1.165) is 25.3 Å². The molecule has 1 aliphatic carbocycles. The normalized spacial score (nSPS) is 24.1. The minimum absolute atomic E-state index is 0.184. The summed E-state index contributed by atoms with van der Waals surface area (Å²) in [6.45, 7) is 5.37. The predicted octanol–water partition coefficient (Wildman–Crippen LogP) is 2.40. The monoisotopic (exact) mass is 332 g/mol. The summed E-state index contributed by atoms with van der Waals surface area (Å²) in [5, 5.41) is 11.1. The average molecular weight is 332 g/mol. The van der Waals surface area contributed by atoms with E-state index in [1.54, 1.807) is 6.07 Å². The number of ether oxygens (including phenoxy) is 1. The fourth-order valence-electron chi connectivity index (χ4n) is 3.56. The Labute approximate surface area is 144 Å². The summed E-state index contributed by atoms with van der Waals surface area (Å²) in [6, 6.07) is 3.63. The van der Waals surface area contributed by atoms with Gasteiger partial charge in [-0.05, 0) is 43.7 Å². The third kappa shape index (κ3) is 4.44. The zero-order valence-electron chi connectivity index (χ0n) is 14.5. The van der Waals surface area contributed by atoms with E-state index in [9.17, 15) is 4.79 Å². The Balaban J connectivity index is 1.40. The number of carbonyl (C=O) groups excluding carboxylic acids is 1. The highest BCUT2D eigenvalue weighted by atomic mass is 16.5. The highest BCUT2D eigenvalue weighted by Gasteiger charge is 2.21. The zero-order valence-corrected chi connectivity index (χ0v) is 14.5. The SMILES string of the molecule is C[C@H]1CCCC[C@H]1OCCNC(=O)c1ccc(N2CCCC2)nn1. The summed E-state index contributed by atoms with van der Waals surface area (Å²) >= 11 is 0. The van der Waals surface area contributed by atoms with Crippen molar-refractivity contribution in [3.05, 3.63) is 17.8 Å². The van der Waals surface area contributed by atoms with Gasteiger partial charge >= 0.3 is 0 Å². The van der Waals surface area contributed by atoms with Crippen molar-refractivity contribution in [2.24, 2.45) is 5.92 Å². The van der Waals surface area contributed by atoms with Crippen LogP contribution in [0.1, 0.15) is 55.9 Å². The van der Waals surface area contributed by atoms with E-state index in [0.29, 0.717) is 30.9 Å². The molecule has 1 saturated heterocycles. The molecule has 2 heterocycles. The Bertz CT molecular complexity index is 528. The Kier molecular flexibility index (Phi) is 6.01. The second kappa shape index (κ2) is 8.42. The lowest BCUT2D eigenvalue weighted by Gasteiger charge is -2.28. The van der Waals surface area contributed by atoms with E-state index < -0.39 is 0 Å². The van der Waals surface area contributed by atoms with Crippen molar-refractivity contribution in [3.8, 4) is 0 Å². The Morgan fingerprint density at radius 2 is 2.00 bits per heavy atom. The summed E-state index contributed by atoms with van der Waals surface area (Å²) in [5.74, 6) is 1.30. The smallest absolute Gasteiger partial charge is 0.271 e. The molecule has 1 aromatic heterocycles. The van der Waals surface area contributed by atoms with Crippen LogP contribution in [0.3, 0.4) is 0 Å². The van der Waals surface area contributed by atoms with E-state index in [1.165, 1.54) is 32.1 Å². The van der Waals surface area contributed by atoms with Gasteiger partial charge in [-0.25, -0.2) is 0 Å². The van der Waals surface area contributed by atoms with Gasteiger partial charge in [0, 0.05) is 19.6 Å². The van der Waals surface area contributed by atoms with Gasteiger partial charge in [-0.15, -0.1) is 10.2 Å². The van der Waals surface area contributed by atoms with Crippen molar-refractivity contribution in [1.29, 1.82) is 0 Å². The van der Waals surface area contributed by atoms with Crippen molar-refractivity contribution in [2.45, 2.75) is 51.6 Å². The number of hydrogen-bond acceptors (Lipinski definition) is 5. The van der Waals surface area contributed by atoms with Gasteiger partial charge in [-0.2, -0.15) is 0 Å². The summed E-state index contributed by atoms with van der Waals surface area (Å²) in [7, 11) is 0. The van der Waals surface area contributed by atoms with Crippen LogP contribution in [-0.2, 0) is 4.74 Å². The third-order valence-corrected chi connectivity index (χ3v) is 5.07. The first kappa shape index (κ1) is 17.1. The van der Waals surface area contributed by atoms with E-state index >= 15 is 0 Å². The number of nitrogens with one attached hydrogen (secondary N) is 1. The van der Waals surface area contributed by atoms with Crippen LogP contribution in [0.2, 0.25) is 0 Å². The number of amides is 1. The molecular formula is C18H28N4O2. The fourth-order valence-corrected chi connectivity index (χ4v) is 3.56. The van der Waals surface area contributed by atoms with Crippen molar-refractivity contribution in [1.82, 2.24) is 15.5 Å². The van der Waals surface area contributed by atoms with Crippen LogP contribution in [0.25, 0.3) is 0 Å². The standard InChI is InChI=1S/C18H28N4O2/c1-14-6-2-3-7-16(14)24-13-10-19-18(23)15-8-9-17(21-20-15)22-11-4-5-12-22/h8-9,14,16H,2-7,10-13H2,1H3,(H,19,23)/t14-,16+/m0/s1. The lowest BCUT2D eigenvalue weighted by Crippen LogP contribution is -2.32. The molecule has 2 fully saturated rings. The van der Waals surface area contributed by atoms with Gasteiger partial charge in [-0.3, -0.25) is 4.79 Å². The molecule has 0 spiro atoms. The van der Waals surface area contributed by atoms with Gasteiger partial charge in [-0.1, -0.05) is 19.8 Å². The number of carbonyl (C=O) groups is 1. The van der Waals surface area contributed by atoms with Crippen LogP contribution in [-0.4, -0.2) is 48.4 Å². The van der Waals surface area contributed by atoms with Crippen molar-refractivity contribution in [3.63, 3.8) is 0 Å². The molecular weight excluding hydrogens is 304 g/mol. The van der Waals surface area contributed by atoms with Crippen LogP contribution in [0.4, 0.5) is 5.82 Å². The van der Waals surface area contributed by atoms with Gasteiger partial charge in [0.25, 0.3) is 5.91 Å². The summed E-state index contributed by atoms with van der Waals surface area (Å²) < 4.78 is 5.91. The van der Waals surface area contributed by atoms with Crippen LogP contribution in [0, 0.1) is 5.92 Å². The Morgan fingerprint density at radius 3 is 2.71 bits per heavy atom. The van der Waals surface area contributed by atoms with E-state index in [1.807, 2.05) is 6.07 Å². The molecule has 0 unspecified atom stereocenters. The van der Waals surface area contributed by atoms with Gasteiger partial charge in [0.1, 0.15) is 0 Å². The van der Waals surface area contributed by atoms with Crippen LogP contribution in [0.15, 0.2) is 12.1 Å². The number of nitrogens with zero attached hydrogens (tertiary/aromatic N) is 3. The Hall–Kier alpha value is -1.69. The maximum atomic E-state index is 12.1. The van der Waals surface area contributed by atoms with Crippen molar-refractivity contribution in [2.75, 3.05) is 31.1 Å². The van der Waals surface area contributed by atoms with E-state index in [4.69, 9.17) is 4.74 Å². The zero-order chi connectivity index (χ0) is 16.8. The molecule has 1 amide bonds. The molecule has 0 bridgehead atoms. The van der Waals surface area contributed by atoms with Gasteiger partial charge in [0.05, 0.1) is 12.7 Å². The van der Waals surface area contributed by atoms with Crippen molar-refractivity contribution >= 4 is 11.7 Å². The summed E-state index contributed by atoms with van der Waals surface area (Å²) in [5.41, 5.74) is 0.365. The number of rotatable bonds is 6. The molecule has 0 radical (unpaired) electrons. The molecule has 1 saturated carbocycles. The van der Waals surface area contributed by atoms with Crippen LogP contribution >= 0.6 is 0 Å². The molecule has 1 aromatic rings. The molecule has 6 heteroatoms. The molecule has 2 aliphatic rings. The highest BCUT2D eigenvalue weighted by molar-refractivity contribution is 5.92. The largest absolute Gasteiger partial charge is 0.376 e. The summed E-state index contributed by atoms with van der Waals surface area (Å²) in [4.78, 5) is 14.3. The average Bonchev–Trinajstić information content (AvgIpc) is 3.15. The van der Waals surface area contributed by atoms with E-state index in [-0.39, 0.29) is 5.91 Å². The number of aromatic nitrogens is 2. The first-order valence-electron chi connectivity index (χ1n) is 9.22. The molecule has 132 valence electrons. The molecule has 3 rings (SSSR count).